The Hall–Kier alpha value is -2.34. The standard InChI is InChI=1S/C20H20ClF3N4O3S/c1-11-16-17(21)15(19(29)26-13-4-2-12(3-5-13)20(22,23)24)10-25-18(16)28(27-11)14-6-8-32(30,31)9-7-14/h2-5,10,14,30-31H,6-9H2,1H3,(H,26,29). The van der Waals surface area contributed by atoms with Crippen LogP contribution in [-0.2, 0) is 6.18 Å². The van der Waals surface area contributed by atoms with Gasteiger partial charge in [-0.05, 0) is 44.0 Å². The first-order chi connectivity index (χ1) is 15.0. The number of hydrogen-bond donors (Lipinski definition) is 3. The largest absolute Gasteiger partial charge is 0.416 e. The van der Waals surface area contributed by atoms with Crippen LogP contribution in [0.2, 0.25) is 5.02 Å². The SMILES string of the molecule is Cc1nn(C2CCS(O)(O)CC2)c2ncc(C(=O)Nc3ccc(C(F)(F)F)cc3)c(Cl)c12. The van der Waals surface area contributed by atoms with Gasteiger partial charge in [-0.25, -0.2) is 9.67 Å². The number of carbonyl (C=O) groups is 1. The van der Waals surface area contributed by atoms with Crippen LogP contribution in [0.25, 0.3) is 11.0 Å². The maximum absolute atomic E-state index is 12.7. The first-order valence-corrected chi connectivity index (χ1v) is 12.0. The summed E-state index contributed by atoms with van der Waals surface area (Å²) in [4.78, 5) is 17.1. The molecule has 3 aromatic rings. The molecule has 0 spiro atoms. The second-order valence-electron chi connectivity index (χ2n) is 7.69. The van der Waals surface area contributed by atoms with Gasteiger partial charge in [0.05, 0.1) is 33.3 Å². The van der Waals surface area contributed by atoms with Crippen molar-refractivity contribution in [3.63, 3.8) is 0 Å². The predicted molar refractivity (Wildman–Crippen MR) is 118 cm³/mol. The second-order valence-corrected chi connectivity index (χ2v) is 10.5. The summed E-state index contributed by atoms with van der Waals surface area (Å²) in [5.74, 6) is -0.0262. The average molecular weight is 489 g/mol. The number of nitrogens with zero attached hydrogens (tertiary/aromatic N) is 3. The smallest absolute Gasteiger partial charge is 0.322 e. The monoisotopic (exact) mass is 488 g/mol. The molecule has 1 amide bonds. The van der Waals surface area contributed by atoms with Gasteiger partial charge in [0.2, 0.25) is 0 Å². The molecular weight excluding hydrogens is 469 g/mol. The molecule has 12 heteroatoms. The Morgan fingerprint density at radius 3 is 2.44 bits per heavy atom. The van der Waals surface area contributed by atoms with E-state index in [1.54, 1.807) is 11.6 Å². The van der Waals surface area contributed by atoms with Crippen LogP contribution in [0.3, 0.4) is 0 Å². The van der Waals surface area contributed by atoms with Crippen LogP contribution in [-0.4, -0.2) is 41.3 Å². The summed E-state index contributed by atoms with van der Waals surface area (Å²) in [6.07, 6.45) is -2.09. The molecule has 1 fully saturated rings. The van der Waals surface area contributed by atoms with Crippen molar-refractivity contribution in [1.29, 1.82) is 0 Å². The van der Waals surface area contributed by atoms with Crippen molar-refractivity contribution in [2.45, 2.75) is 32.0 Å². The van der Waals surface area contributed by atoms with Crippen LogP contribution >= 0.6 is 22.2 Å². The first-order valence-electron chi connectivity index (χ1n) is 9.72. The highest BCUT2D eigenvalue weighted by molar-refractivity contribution is 8.24. The fourth-order valence-corrected chi connectivity index (χ4v) is 5.59. The van der Waals surface area contributed by atoms with Crippen molar-refractivity contribution in [1.82, 2.24) is 14.8 Å². The van der Waals surface area contributed by atoms with Crippen LogP contribution in [0, 0.1) is 6.92 Å². The molecule has 0 aliphatic carbocycles. The van der Waals surface area contributed by atoms with Crippen molar-refractivity contribution < 1.29 is 27.1 Å². The Morgan fingerprint density at radius 2 is 1.84 bits per heavy atom. The number of hydrogen-bond acceptors (Lipinski definition) is 5. The minimum atomic E-state index is -4.46. The molecule has 0 unspecified atom stereocenters. The minimum Gasteiger partial charge on any atom is -0.322 e. The van der Waals surface area contributed by atoms with Crippen LogP contribution in [0.15, 0.2) is 30.5 Å². The molecule has 4 rings (SSSR count). The van der Waals surface area contributed by atoms with Crippen molar-refractivity contribution in [2.75, 3.05) is 16.8 Å². The first kappa shape index (κ1) is 22.8. The topological polar surface area (TPSA) is 100 Å². The fourth-order valence-electron chi connectivity index (χ4n) is 3.73. The molecule has 2 aromatic heterocycles. The van der Waals surface area contributed by atoms with Crippen molar-refractivity contribution in [3.8, 4) is 0 Å². The highest BCUT2D eigenvalue weighted by Crippen LogP contribution is 2.47. The summed E-state index contributed by atoms with van der Waals surface area (Å²) in [6, 6.07) is 4.02. The summed E-state index contributed by atoms with van der Waals surface area (Å²) in [7, 11) is -2.54. The van der Waals surface area contributed by atoms with Gasteiger partial charge in [0.1, 0.15) is 0 Å². The highest BCUT2D eigenvalue weighted by Gasteiger charge is 2.31. The van der Waals surface area contributed by atoms with Gasteiger partial charge >= 0.3 is 6.18 Å². The summed E-state index contributed by atoms with van der Waals surface area (Å²) in [5, 5.41) is 7.69. The van der Waals surface area contributed by atoms with E-state index in [0.29, 0.717) is 41.1 Å². The number of fused-ring (bicyclic) bond motifs is 1. The van der Waals surface area contributed by atoms with Gasteiger partial charge in [-0.3, -0.25) is 13.9 Å². The molecule has 7 nitrogen and oxygen atoms in total. The number of aromatic nitrogens is 3. The third-order valence-corrected chi connectivity index (χ3v) is 7.62. The Morgan fingerprint density at radius 1 is 1.22 bits per heavy atom. The molecule has 172 valence electrons. The highest BCUT2D eigenvalue weighted by atomic mass is 35.5. The van der Waals surface area contributed by atoms with Crippen LogP contribution in [0.4, 0.5) is 18.9 Å². The number of aryl methyl sites for hydroxylation is 1. The molecule has 0 radical (unpaired) electrons. The van der Waals surface area contributed by atoms with Crippen LogP contribution in [0.5, 0.6) is 0 Å². The number of nitrogens with one attached hydrogen (secondary N) is 1. The Bertz CT molecular complexity index is 1170. The molecule has 0 atom stereocenters. The van der Waals surface area contributed by atoms with Gasteiger partial charge in [0.25, 0.3) is 5.91 Å². The molecular formula is C20H20ClF3N4O3S. The molecule has 1 aromatic carbocycles. The average Bonchev–Trinajstić information content (AvgIpc) is 3.05. The zero-order chi connectivity index (χ0) is 23.3. The zero-order valence-electron chi connectivity index (χ0n) is 16.9. The number of anilines is 1. The third-order valence-electron chi connectivity index (χ3n) is 5.45. The Balaban J connectivity index is 1.60. The number of halogens is 4. The van der Waals surface area contributed by atoms with E-state index in [0.717, 1.165) is 24.3 Å². The summed E-state index contributed by atoms with van der Waals surface area (Å²) in [5.41, 5.74) is 0.497. The van der Waals surface area contributed by atoms with Crippen molar-refractivity contribution in [2.24, 2.45) is 0 Å². The second kappa shape index (κ2) is 8.22. The van der Waals surface area contributed by atoms with E-state index in [1.165, 1.54) is 6.20 Å². The molecule has 1 aliphatic heterocycles. The normalized spacial score (nSPS) is 18.0. The number of carbonyl (C=O) groups excluding carboxylic acids is 1. The minimum absolute atomic E-state index is 0.0680. The summed E-state index contributed by atoms with van der Waals surface area (Å²) < 4.78 is 59.6. The summed E-state index contributed by atoms with van der Waals surface area (Å²) >= 11 is 6.51. The molecule has 0 bridgehead atoms. The lowest BCUT2D eigenvalue weighted by Gasteiger charge is -2.39. The molecule has 1 aliphatic rings. The van der Waals surface area contributed by atoms with Crippen LogP contribution < -0.4 is 5.32 Å². The van der Waals surface area contributed by atoms with Crippen molar-refractivity contribution in [3.05, 3.63) is 52.3 Å². The van der Waals surface area contributed by atoms with Crippen LogP contribution in [0.1, 0.15) is 40.5 Å². The van der Waals surface area contributed by atoms with E-state index in [-0.39, 0.29) is 22.3 Å². The van der Waals surface area contributed by atoms with E-state index in [1.807, 2.05) is 0 Å². The number of pyridine rings is 1. The van der Waals surface area contributed by atoms with Crippen molar-refractivity contribution >= 4 is 44.8 Å². The molecule has 32 heavy (non-hydrogen) atoms. The molecule has 1 saturated heterocycles. The number of alkyl halides is 3. The lowest BCUT2D eigenvalue weighted by atomic mass is 10.1. The number of amides is 1. The molecule has 3 N–H and O–H groups in total. The lowest BCUT2D eigenvalue weighted by molar-refractivity contribution is -0.137. The van der Waals surface area contributed by atoms with E-state index in [9.17, 15) is 27.1 Å². The maximum Gasteiger partial charge on any atom is 0.416 e. The van der Waals surface area contributed by atoms with Gasteiger partial charge in [-0.2, -0.15) is 28.9 Å². The van der Waals surface area contributed by atoms with Gasteiger partial charge in [-0.15, -0.1) is 0 Å². The van der Waals surface area contributed by atoms with Gasteiger partial charge in [0, 0.05) is 23.4 Å². The predicted octanol–water partition coefficient (Wildman–Crippen LogP) is 5.75. The third kappa shape index (κ3) is 4.42. The molecule has 3 heterocycles. The lowest BCUT2D eigenvalue weighted by Crippen LogP contribution is -2.24. The number of benzene rings is 1. The van der Waals surface area contributed by atoms with Gasteiger partial charge < -0.3 is 5.32 Å². The van der Waals surface area contributed by atoms with Gasteiger partial charge in [-0.1, -0.05) is 11.6 Å². The fraction of sp³-hybridized carbons (Fsp3) is 0.350. The maximum atomic E-state index is 12.7. The Labute approximate surface area is 187 Å². The van der Waals surface area contributed by atoms with E-state index >= 15 is 0 Å². The van der Waals surface area contributed by atoms with E-state index in [4.69, 9.17) is 11.6 Å². The zero-order valence-corrected chi connectivity index (χ0v) is 18.4. The van der Waals surface area contributed by atoms with Gasteiger partial charge in [0.15, 0.2) is 5.65 Å². The summed E-state index contributed by atoms with van der Waals surface area (Å²) in [6.45, 7) is 1.74. The quantitative estimate of drug-likeness (QED) is 0.436. The van der Waals surface area contributed by atoms with E-state index < -0.39 is 28.2 Å². The molecule has 0 saturated carbocycles. The van der Waals surface area contributed by atoms with E-state index in [2.05, 4.69) is 15.4 Å². The Kier molecular flexibility index (Phi) is 5.86. The number of rotatable bonds is 3.